The molecule has 5 rings (SSSR count). The maximum atomic E-state index is 15.1. The number of halogens is 1. The van der Waals surface area contributed by atoms with Crippen molar-refractivity contribution in [2.24, 2.45) is 5.16 Å². The molecule has 1 aromatic carbocycles. The normalized spacial score (nSPS) is 19.9. The van der Waals surface area contributed by atoms with Crippen LogP contribution in [-0.2, 0) is 34.3 Å². The number of rotatable bonds is 11. The zero-order valence-electron chi connectivity index (χ0n) is 21.3. The van der Waals surface area contributed by atoms with Gasteiger partial charge in [0.15, 0.2) is 6.10 Å². The molecule has 1 fully saturated rings. The van der Waals surface area contributed by atoms with Gasteiger partial charge in [-0.15, -0.1) is 5.10 Å². The third-order valence-electron chi connectivity index (χ3n) is 6.16. The van der Waals surface area contributed by atoms with Crippen LogP contribution in [0.1, 0.15) is 12.1 Å². The van der Waals surface area contributed by atoms with Crippen molar-refractivity contribution in [3.05, 3.63) is 60.4 Å². The van der Waals surface area contributed by atoms with E-state index in [1.54, 1.807) is 18.3 Å². The molecule has 0 spiro atoms. The molecule has 0 bridgehead atoms. The second-order valence-corrected chi connectivity index (χ2v) is 11.6. The first-order valence-corrected chi connectivity index (χ1v) is 15.2. The number of aromatic nitrogens is 4. The van der Waals surface area contributed by atoms with E-state index >= 15 is 4.39 Å². The van der Waals surface area contributed by atoms with Crippen LogP contribution < -0.4 is 4.90 Å². The number of oxime groups is 1. The number of anilines is 1. The van der Waals surface area contributed by atoms with Crippen LogP contribution in [0.2, 0.25) is 0 Å². The van der Waals surface area contributed by atoms with Crippen LogP contribution in [-0.4, -0.2) is 82.8 Å². The summed E-state index contributed by atoms with van der Waals surface area (Å²) in [5.74, 6) is -0.612. The Bertz CT molecular complexity index is 1560. The van der Waals surface area contributed by atoms with Crippen LogP contribution >= 0.6 is 15.6 Å². The van der Waals surface area contributed by atoms with E-state index < -0.39 is 52.5 Å². The predicted molar refractivity (Wildman–Crippen MR) is 138 cm³/mol. The van der Waals surface area contributed by atoms with E-state index in [1.165, 1.54) is 40.2 Å². The van der Waals surface area contributed by atoms with Gasteiger partial charge in [0.05, 0.1) is 37.3 Å². The fourth-order valence-corrected chi connectivity index (χ4v) is 5.19. The van der Waals surface area contributed by atoms with Gasteiger partial charge in [-0.3, -0.25) is 18.9 Å². The summed E-state index contributed by atoms with van der Waals surface area (Å²) >= 11 is 0. The number of carbonyl (C=O) groups excluding carboxylic acids is 1. The van der Waals surface area contributed by atoms with Crippen LogP contribution in [0.5, 0.6) is 0 Å². The molecule has 2 unspecified atom stereocenters. The van der Waals surface area contributed by atoms with Gasteiger partial charge < -0.3 is 29.1 Å². The molecule has 1 saturated heterocycles. The minimum Gasteiger partial charge on any atom is -0.442 e. The Balaban J connectivity index is 1.24. The van der Waals surface area contributed by atoms with Gasteiger partial charge in [-0.05, 0) is 24.3 Å². The average Bonchev–Trinajstić information content (AvgIpc) is 3.68. The number of phosphoric acid groups is 2. The minimum atomic E-state index is -5.07. The highest BCUT2D eigenvalue weighted by atomic mass is 31.2. The molecule has 2 aliphatic heterocycles. The lowest BCUT2D eigenvalue weighted by Gasteiger charge is -2.22. The second kappa shape index (κ2) is 11.9. The van der Waals surface area contributed by atoms with Crippen LogP contribution in [0.15, 0.2) is 54.1 Å². The molecule has 42 heavy (non-hydrogen) atoms. The molecule has 224 valence electrons. The van der Waals surface area contributed by atoms with Gasteiger partial charge in [-0.1, -0.05) is 16.4 Å². The number of pyridine rings is 1. The maximum absolute atomic E-state index is 15.1. The van der Waals surface area contributed by atoms with Gasteiger partial charge in [-0.25, -0.2) is 23.0 Å². The van der Waals surface area contributed by atoms with Gasteiger partial charge in [0.2, 0.25) is 0 Å². The SMILES string of the molecule is O=C1OC(Cn2ccnn2)CN1c1ccc(-c2ccc(C3=NO[C@@H](C(COP(=O)(O)O)OP(=O)(O)O)C3)nc2)c(F)c1. The molecule has 1 amide bonds. The monoisotopic (exact) mass is 628 g/mol. The highest BCUT2D eigenvalue weighted by Crippen LogP contribution is 2.42. The third kappa shape index (κ3) is 7.42. The summed E-state index contributed by atoms with van der Waals surface area (Å²) < 4.78 is 53.2. The van der Waals surface area contributed by atoms with E-state index in [0.29, 0.717) is 23.5 Å². The van der Waals surface area contributed by atoms with Crippen molar-refractivity contribution >= 4 is 33.1 Å². The number of hydrogen-bond acceptors (Lipinski definition) is 11. The molecule has 20 heteroatoms. The quantitative estimate of drug-likeness (QED) is 0.221. The van der Waals surface area contributed by atoms with E-state index in [1.807, 2.05) is 0 Å². The van der Waals surface area contributed by atoms with Crippen LogP contribution in [0.3, 0.4) is 0 Å². The summed E-state index contributed by atoms with van der Waals surface area (Å²) in [6.45, 7) is -0.386. The topological polar surface area (TPSA) is 228 Å². The number of nitrogens with zero attached hydrogens (tertiary/aromatic N) is 6. The van der Waals surface area contributed by atoms with Crippen LogP contribution in [0.4, 0.5) is 14.9 Å². The molecule has 3 aromatic rings. The van der Waals surface area contributed by atoms with Gasteiger partial charge >= 0.3 is 21.7 Å². The Hall–Kier alpha value is -3.60. The Kier molecular flexibility index (Phi) is 8.50. The molecule has 0 radical (unpaired) electrons. The molecule has 17 nitrogen and oxygen atoms in total. The van der Waals surface area contributed by atoms with Gasteiger partial charge in [0.1, 0.15) is 23.7 Å². The van der Waals surface area contributed by atoms with Crippen molar-refractivity contribution in [2.75, 3.05) is 18.1 Å². The number of ether oxygens (including phenoxy) is 1. The highest BCUT2D eigenvalue weighted by Gasteiger charge is 2.38. The summed E-state index contributed by atoms with van der Waals surface area (Å²) in [7, 11) is -10.0. The van der Waals surface area contributed by atoms with Crippen molar-refractivity contribution in [1.29, 1.82) is 0 Å². The van der Waals surface area contributed by atoms with E-state index in [2.05, 4.69) is 29.5 Å². The smallest absolute Gasteiger partial charge is 0.442 e. The number of amides is 1. The first-order chi connectivity index (χ1) is 19.8. The van der Waals surface area contributed by atoms with Gasteiger partial charge in [-0.2, -0.15) is 0 Å². The van der Waals surface area contributed by atoms with Gasteiger partial charge in [0.25, 0.3) is 0 Å². The summed E-state index contributed by atoms with van der Waals surface area (Å²) in [6.07, 6.45) is 0.603. The number of cyclic esters (lactones) is 1. The maximum Gasteiger partial charge on any atom is 0.470 e. The minimum absolute atomic E-state index is 0.0889. The fraction of sp³-hybridized carbons (Fsp3) is 0.318. The standard InChI is InChI=1S/C22H23FN6O11P2/c23-17-7-14(29-11-15(38-22(29)30)10-28-6-5-25-27-28)2-3-16(17)13-1-4-18(24-9-13)19-8-20(39-26-19)21(40-42(34,35)36)12-37-41(31,32)33/h1-7,9,15,20-21H,8,10-12H2,(H2,31,32,33)(H2,34,35,36)/t15?,20-,21?/m1/s1. The summed E-state index contributed by atoms with van der Waals surface area (Å²) in [5.41, 5.74) is 1.46. The summed E-state index contributed by atoms with van der Waals surface area (Å²) in [5, 5.41) is 11.4. The van der Waals surface area contributed by atoms with Crippen molar-refractivity contribution in [3.63, 3.8) is 0 Å². The van der Waals surface area contributed by atoms with E-state index in [9.17, 15) is 13.9 Å². The van der Waals surface area contributed by atoms with E-state index in [4.69, 9.17) is 29.1 Å². The van der Waals surface area contributed by atoms with Crippen molar-refractivity contribution in [3.8, 4) is 11.1 Å². The third-order valence-corrected chi connectivity index (χ3v) is 7.19. The first-order valence-electron chi connectivity index (χ1n) is 12.1. The lowest BCUT2D eigenvalue weighted by Crippen LogP contribution is -2.33. The van der Waals surface area contributed by atoms with Crippen molar-refractivity contribution < 1.29 is 56.5 Å². The van der Waals surface area contributed by atoms with E-state index in [0.717, 1.165) is 0 Å². The molecule has 4 heterocycles. The van der Waals surface area contributed by atoms with E-state index in [-0.39, 0.29) is 24.2 Å². The van der Waals surface area contributed by atoms with Crippen LogP contribution in [0.25, 0.3) is 11.1 Å². The van der Waals surface area contributed by atoms with Crippen molar-refractivity contribution in [1.82, 2.24) is 20.0 Å². The molecule has 0 saturated carbocycles. The number of carbonyl (C=O) groups is 1. The largest absolute Gasteiger partial charge is 0.470 e. The molecule has 2 aromatic heterocycles. The Labute approximate surface area is 235 Å². The average molecular weight is 628 g/mol. The number of phosphoric ester groups is 2. The molecule has 2 aliphatic rings. The molecular formula is C22H23FN6O11P2. The fourth-order valence-electron chi connectivity index (χ4n) is 4.30. The lowest BCUT2D eigenvalue weighted by atomic mass is 10.0. The highest BCUT2D eigenvalue weighted by molar-refractivity contribution is 7.46. The Morgan fingerprint density at radius 3 is 2.60 bits per heavy atom. The number of benzene rings is 1. The second-order valence-electron chi connectivity index (χ2n) is 9.14. The Morgan fingerprint density at radius 1 is 1.14 bits per heavy atom. The molecule has 0 aliphatic carbocycles. The molecule has 3 atom stereocenters. The Morgan fingerprint density at radius 2 is 1.95 bits per heavy atom. The lowest BCUT2D eigenvalue weighted by molar-refractivity contribution is -0.0384. The summed E-state index contributed by atoms with van der Waals surface area (Å²) in [4.78, 5) is 59.3. The predicted octanol–water partition coefficient (Wildman–Crippen LogP) is 1.58. The number of hydrogen-bond donors (Lipinski definition) is 4. The summed E-state index contributed by atoms with van der Waals surface area (Å²) in [6, 6.07) is 7.37. The molecular weight excluding hydrogens is 605 g/mol. The van der Waals surface area contributed by atoms with Gasteiger partial charge in [0, 0.05) is 29.9 Å². The zero-order valence-corrected chi connectivity index (χ0v) is 23.1. The zero-order chi connectivity index (χ0) is 30.1. The molecule has 4 N–H and O–H groups in total. The van der Waals surface area contributed by atoms with Crippen LogP contribution in [0, 0.1) is 5.82 Å². The first kappa shape index (κ1) is 29.9. The van der Waals surface area contributed by atoms with Crippen molar-refractivity contribution in [2.45, 2.75) is 31.3 Å².